The zero-order chi connectivity index (χ0) is 25.6. The first-order chi connectivity index (χ1) is 16.6. The molecule has 0 spiro atoms. The molecule has 9 heteroatoms. The standard InChI is InChI=1S/C26H32Cl3N3O3/c1-17(34)30-21-9-12-32(13-10-21)14-11-26(2,19-5-8-22(28)23(29)15-19)25(35)31-24(16-33)18-3-6-20(27)7-4-18/h3-8,15,21,24,33H,9-14,16H2,1-2H3,(H,30,34)(H,31,35)/t24-,26?/m0/s1. The topological polar surface area (TPSA) is 81.7 Å². The first kappa shape index (κ1) is 27.8. The number of aliphatic hydroxyl groups is 1. The third kappa shape index (κ3) is 7.34. The van der Waals surface area contributed by atoms with Crippen molar-refractivity contribution in [3.8, 4) is 0 Å². The van der Waals surface area contributed by atoms with Crippen LogP contribution in [0.4, 0.5) is 0 Å². The third-order valence-corrected chi connectivity index (χ3v) is 7.73. The number of nitrogens with zero attached hydrogens (tertiary/aromatic N) is 1. The molecule has 1 saturated heterocycles. The average molecular weight is 541 g/mol. The minimum atomic E-state index is -0.914. The lowest BCUT2D eigenvalue weighted by Gasteiger charge is -2.36. The van der Waals surface area contributed by atoms with Crippen LogP contribution in [0, 0.1) is 0 Å². The van der Waals surface area contributed by atoms with E-state index >= 15 is 0 Å². The molecule has 2 amide bonds. The molecule has 3 N–H and O–H groups in total. The first-order valence-corrected chi connectivity index (χ1v) is 12.9. The van der Waals surface area contributed by atoms with Crippen molar-refractivity contribution in [1.82, 2.24) is 15.5 Å². The number of nitrogens with one attached hydrogen (secondary N) is 2. The van der Waals surface area contributed by atoms with Crippen LogP contribution < -0.4 is 10.6 Å². The second-order valence-electron chi connectivity index (χ2n) is 9.29. The van der Waals surface area contributed by atoms with Gasteiger partial charge in [0.05, 0.1) is 28.1 Å². The van der Waals surface area contributed by atoms with Crippen LogP contribution in [0.1, 0.15) is 50.3 Å². The number of likely N-dealkylation sites (tertiary alicyclic amines) is 1. The molecule has 2 aromatic carbocycles. The Hall–Kier alpha value is -1.83. The molecule has 1 heterocycles. The summed E-state index contributed by atoms with van der Waals surface area (Å²) in [5.41, 5.74) is 0.606. The molecule has 1 aliphatic rings. The minimum Gasteiger partial charge on any atom is -0.394 e. The molecule has 2 atom stereocenters. The summed E-state index contributed by atoms with van der Waals surface area (Å²) in [4.78, 5) is 27.4. The molecule has 1 aliphatic heterocycles. The van der Waals surface area contributed by atoms with Gasteiger partial charge in [0.1, 0.15) is 0 Å². The Kier molecular flexibility index (Phi) is 9.85. The Morgan fingerprint density at radius 2 is 1.74 bits per heavy atom. The predicted octanol–water partition coefficient (Wildman–Crippen LogP) is 4.74. The van der Waals surface area contributed by atoms with Crippen molar-refractivity contribution in [3.63, 3.8) is 0 Å². The fraction of sp³-hybridized carbons (Fsp3) is 0.462. The Morgan fingerprint density at radius 3 is 2.31 bits per heavy atom. The Morgan fingerprint density at radius 1 is 1.09 bits per heavy atom. The number of amides is 2. The Labute approximate surface area is 221 Å². The van der Waals surface area contributed by atoms with Crippen LogP contribution in [0.15, 0.2) is 42.5 Å². The van der Waals surface area contributed by atoms with Gasteiger partial charge in [-0.2, -0.15) is 0 Å². The van der Waals surface area contributed by atoms with Crippen molar-refractivity contribution < 1.29 is 14.7 Å². The largest absolute Gasteiger partial charge is 0.394 e. The van der Waals surface area contributed by atoms with Crippen molar-refractivity contribution in [2.24, 2.45) is 0 Å². The number of rotatable bonds is 9. The van der Waals surface area contributed by atoms with Crippen LogP contribution in [-0.4, -0.2) is 54.1 Å². The van der Waals surface area contributed by atoms with Gasteiger partial charge in [-0.1, -0.05) is 53.0 Å². The molecule has 0 radical (unpaired) electrons. The first-order valence-electron chi connectivity index (χ1n) is 11.7. The smallest absolute Gasteiger partial charge is 0.230 e. The van der Waals surface area contributed by atoms with E-state index in [9.17, 15) is 14.7 Å². The van der Waals surface area contributed by atoms with Gasteiger partial charge >= 0.3 is 0 Å². The molecule has 0 aromatic heterocycles. The van der Waals surface area contributed by atoms with E-state index < -0.39 is 11.5 Å². The van der Waals surface area contributed by atoms with Gasteiger partial charge in [-0.3, -0.25) is 9.59 Å². The van der Waals surface area contributed by atoms with Crippen molar-refractivity contribution in [3.05, 3.63) is 68.7 Å². The summed E-state index contributed by atoms with van der Waals surface area (Å²) >= 11 is 18.5. The number of carbonyl (C=O) groups is 2. The molecule has 0 aliphatic carbocycles. The van der Waals surface area contributed by atoms with Crippen molar-refractivity contribution in [2.75, 3.05) is 26.2 Å². The molecule has 0 bridgehead atoms. The number of hydrogen-bond donors (Lipinski definition) is 3. The number of aliphatic hydroxyl groups excluding tert-OH is 1. The Bertz CT molecular complexity index is 1030. The van der Waals surface area contributed by atoms with E-state index in [0.717, 1.165) is 37.1 Å². The van der Waals surface area contributed by atoms with Gasteiger partial charge in [-0.25, -0.2) is 0 Å². The van der Waals surface area contributed by atoms with Gasteiger partial charge in [0.2, 0.25) is 11.8 Å². The molecular formula is C26H32Cl3N3O3. The van der Waals surface area contributed by atoms with Crippen LogP contribution >= 0.6 is 34.8 Å². The van der Waals surface area contributed by atoms with E-state index in [1.807, 2.05) is 13.0 Å². The highest BCUT2D eigenvalue weighted by Crippen LogP contribution is 2.34. The molecule has 3 rings (SSSR count). The molecule has 1 fully saturated rings. The van der Waals surface area contributed by atoms with E-state index in [4.69, 9.17) is 34.8 Å². The van der Waals surface area contributed by atoms with Crippen molar-refractivity contribution >= 4 is 46.6 Å². The number of hydrogen-bond acceptors (Lipinski definition) is 4. The van der Waals surface area contributed by atoms with Gasteiger partial charge in [0, 0.05) is 31.1 Å². The highest BCUT2D eigenvalue weighted by Gasteiger charge is 2.37. The van der Waals surface area contributed by atoms with E-state index in [-0.39, 0.29) is 24.5 Å². The second-order valence-corrected chi connectivity index (χ2v) is 10.5. The summed E-state index contributed by atoms with van der Waals surface area (Å²) in [7, 11) is 0. The van der Waals surface area contributed by atoms with Gasteiger partial charge in [0.15, 0.2) is 0 Å². The lowest BCUT2D eigenvalue weighted by molar-refractivity contribution is -0.128. The fourth-order valence-electron chi connectivity index (χ4n) is 4.45. The minimum absolute atomic E-state index is 0.00793. The molecule has 6 nitrogen and oxygen atoms in total. The van der Waals surface area contributed by atoms with Crippen molar-refractivity contribution in [2.45, 2.75) is 50.6 Å². The number of carbonyl (C=O) groups excluding carboxylic acids is 2. The molecule has 35 heavy (non-hydrogen) atoms. The fourth-order valence-corrected chi connectivity index (χ4v) is 4.87. The summed E-state index contributed by atoms with van der Waals surface area (Å²) in [5.74, 6) is -0.218. The van der Waals surface area contributed by atoms with Crippen LogP contribution in [0.5, 0.6) is 0 Å². The number of piperidine rings is 1. The zero-order valence-electron chi connectivity index (χ0n) is 20.0. The molecule has 2 aromatic rings. The summed E-state index contributed by atoms with van der Waals surface area (Å²) in [6.07, 6.45) is 2.29. The van der Waals surface area contributed by atoms with Gasteiger partial charge in [-0.05, 0) is 68.1 Å². The molecular weight excluding hydrogens is 509 g/mol. The average Bonchev–Trinajstić information content (AvgIpc) is 2.83. The quantitative estimate of drug-likeness (QED) is 0.429. The highest BCUT2D eigenvalue weighted by atomic mass is 35.5. The molecule has 0 saturated carbocycles. The third-order valence-electron chi connectivity index (χ3n) is 6.74. The second kappa shape index (κ2) is 12.4. The predicted molar refractivity (Wildman–Crippen MR) is 141 cm³/mol. The molecule has 1 unspecified atom stereocenters. The highest BCUT2D eigenvalue weighted by molar-refractivity contribution is 6.42. The van der Waals surface area contributed by atoms with E-state index in [2.05, 4.69) is 15.5 Å². The van der Waals surface area contributed by atoms with Gasteiger partial charge in [-0.15, -0.1) is 0 Å². The monoisotopic (exact) mass is 539 g/mol. The van der Waals surface area contributed by atoms with Crippen molar-refractivity contribution in [1.29, 1.82) is 0 Å². The maximum Gasteiger partial charge on any atom is 0.230 e. The summed E-state index contributed by atoms with van der Waals surface area (Å²) in [5, 5.41) is 17.4. The normalized spacial score (nSPS) is 17.4. The van der Waals surface area contributed by atoms with E-state index in [1.54, 1.807) is 36.4 Å². The van der Waals surface area contributed by atoms with Crippen LogP contribution in [-0.2, 0) is 15.0 Å². The maximum atomic E-state index is 13.7. The lowest BCUT2D eigenvalue weighted by Crippen LogP contribution is -2.48. The zero-order valence-corrected chi connectivity index (χ0v) is 22.3. The summed E-state index contributed by atoms with van der Waals surface area (Å²) < 4.78 is 0. The Balaban J connectivity index is 1.77. The van der Waals surface area contributed by atoms with E-state index in [0.29, 0.717) is 28.0 Å². The SMILES string of the molecule is CC(=O)NC1CCN(CCC(C)(C(=O)N[C@@H](CO)c2ccc(Cl)cc2)c2ccc(Cl)c(Cl)c2)CC1. The number of benzene rings is 2. The van der Waals surface area contributed by atoms with Crippen LogP contribution in [0.3, 0.4) is 0 Å². The van der Waals surface area contributed by atoms with Crippen LogP contribution in [0.2, 0.25) is 15.1 Å². The summed E-state index contributed by atoms with van der Waals surface area (Å²) in [6, 6.07) is 11.9. The van der Waals surface area contributed by atoms with Gasteiger partial charge < -0.3 is 20.6 Å². The van der Waals surface area contributed by atoms with Crippen LogP contribution in [0.25, 0.3) is 0 Å². The summed E-state index contributed by atoms with van der Waals surface area (Å²) in [6.45, 7) is 5.56. The van der Waals surface area contributed by atoms with Gasteiger partial charge in [0.25, 0.3) is 0 Å². The maximum absolute atomic E-state index is 13.7. The lowest BCUT2D eigenvalue weighted by atomic mass is 9.78. The number of halogens is 3. The van der Waals surface area contributed by atoms with E-state index in [1.165, 1.54) is 6.92 Å². The molecule has 190 valence electrons.